The zero-order chi connectivity index (χ0) is 22.5. The van der Waals surface area contributed by atoms with Crippen molar-refractivity contribution in [1.82, 2.24) is 9.55 Å². The molecular weight excluding hydrogens is 406 g/mol. The summed E-state index contributed by atoms with van der Waals surface area (Å²) >= 11 is 0. The van der Waals surface area contributed by atoms with Gasteiger partial charge in [-0.15, -0.1) is 0 Å². The van der Waals surface area contributed by atoms with Gasteiger partial charge >= 0.3 is 0 Å². The van der Waals surface area contributed by atoms with Gasteiger partial charge in [0.25, 0.3) is 0 Å². The van der Waals surface area contributed by atoms with Crippen molar-refractivity contribution in [3.8, 4) is 22.9 Å². The molecule has 0 bridgehead atoms. The van der Waals surface area contributed by atoms with Gasteiger partial charge in [-0.05, 0) is 48.5 Å². The Balaban J connectivity index is 1.48. The zero-order valence-corrected chi connectivity index (χ0v) is 18.0. The molecule has 0 atom stereocenters. The maximum atomic E-state index is 12.4. The zero-order valence-electron chi connectivity index (χ0n) is 18.0. The highest BCUT2D eigenvalue weighted by atomic mass is 16.5. The molecule has 4 aromatic rings. The third-order valence-electron chi connectivity index (χ3n) is 5.02. The number of rotatable bonds is 7. The Morgan fingerprint density at radius 1 is 0.906 bits per heavy atom. The van der Waals surface area contributed by atoms with Crippen molar-refractivity contribution in [2.75, 3.05) is 26.6 Å². The van der Waals surface area contributed by atoms with Gasteiger partial charge in [0.1, 0.15) is 12.1 Å². The van der Waals surface area contributed by atoms with E-state index >= 15 is 0 Å². The molecule has 1 amide bonds. The summed E-state index contributed by atoms with van der Waals surface area (Å²) in [4.78, 5) is 16.9. The van der Waals surface area contributed by atoms with Crippen LogP contribution in [0.3, 0.4) is 0 Å². The Morgan fingerprint density at radius 2 is 1.59 bits per heavy atom. The van der Waals surface area contributed by atoms with Crippen molar-refractivity contribution in [1.29, 1.82) is 0 Å². The Labute approximate surface area is 185 Å². The molecule has 0 unspecified atom stereocenters. The second-order valence-corrected chi connectivity index (χ2v) is 6.92. The van der Waals surface area contributed by atoms with Crippen LogP contribution in [0.15, 0.2) is 73.1 Å². The van der Waals surface area contributed by atoms with Gasteiger partial charge in [-0.1, -0.05) is 12.1 Å². The number of hydrogen-bond acceptors (Lipinski definition) is 5. The van der Waals surface area contributed by atoms with E-state index in [0.717, 1.165) is 16.7 Å². The molecule has 3 aromatic carbocycles. The molecule has 0 aliphatic heterocycles. The van der Waals surface area contributed by atoms with Crippen LogP contribution in [0.5, 0.6) is 17.2 Å². The van der Waals surface area contributed by atoms with Crippen LogP contribution in [-0.4, -0.2) is 36.8 Å². The topological polar surface area (TPSA) is 74.6 Å². The highest BCUT2D eigenvalue weighted by molar-refractivity contribution is 6.02. The number of methoxy groups -OCH3 is 3. The molecule has 1 aromatic heterocycles. The van der Waals surface area contributed by atoms with E-state index in [-0.39, 0.29) is 5.91 Å². The molecule has 162 valence electrons. The predicted octanol–water partition coefficient (Wildman–Crippen LogP) is 4.70. The van der Waals surface area contributed by atoms with Crippen LogP contribution in [0.2, 0.25) is 0 Å². The minimum Gasteiger partial charge on any atom is -0.496 e. The Bertz CT molecular complexity index is 1280. The molecule has 7 heteroatoms. The fourth-order valence-electron chi connectivity index (χ4n) is 3.40. The van der Waals surface area contributed by atoms with E-state index in [9.17, 15) is 4.79 Å². The summed E-state index contributed by atoms with van der Waals surface area (Å²) in [7, 11) is 4.67. The van der Waals surface area contributed by atoms with Gasteiger partial charge in [-0.3, -0.25) is 9.36 Å². The molecule has 0 aliphatic carbocycles. The Hall–Kier alpha value is -4.26. The monoisotopic (exact) mass is 429 g/mol. The lowest BCUT2D eigenvalue weighted by Crippen LogP contribution is -2.07. The molecule has 0 fully saturated rings. The van der Waals surface area contributed by atoms with Crippen LogP contribution in [0.1, 0.15) is 5.56 Å². The SMILES string of the molecule is COc1cc(OC)c(OC)cc1/C=C/C(=O)Nc1ccc(-n2cnc3ccccc32)cc1. The normalized spacial score (nSPS) is 11.0. The summed E-state index contributed by atoms with van der Waals surface area (Å²) in [6, 6.07) is 19.0. The number of nitrogens with one attached hydrogen (secondary N) is 1. The number of carbonyl (C=O) groups is 1. The Kier molecular flexibility index (Phi) is 6.07. The molecule has 0 saturated heterocycles. The van der Waals surface area contributed by atoms with Crippen molar-refractivity contribution < 1.29 is 19.0 Å². The number of hydrogen-bond donors (Lipinski definition) is 1. The van der Waals surface area contributed by atoms with Gasteiger partial charge < -0.3 is 19.5 Å². The number of imidazole rings is 1. The molecule has 0 spiro atoms. The van der Waals surface area contributed by atoms with Crippen molar-refractivity contribution in [2.24, 2.45) is 0 Å². The van der Waals surface area contributed by atoms with Crippen LogP contribution in [0.25, 0.3) is 22.8 Å². The highest BCUT2D eigenvalue weighted by Crippen LogP contribution is 2.35. The van der Waals surface area contributed by atoms with Crippen molar-refractivity contribution >= 4 is 28.7 Å². The maximum Gasteiger partial charge on any atom is 0.248 e. The van der Waals surface area contributed by atoms with E-state index in [1.807, 2.05) is 53.1 Å². The fraction of sp³-hybridized carbons (Fsp3) is 0.120. The smallest absolute Gasteiger partial charge is 0.248 e. The number of ether oxygens (including phenoxy) is 3. The first-order valence-electron chi connectivity index (χ1n) is 9.94. The van der Waals surface area contributed by atoms with Crippen LogP contribution >= 0.6 is 0 Å². The standard InChI is InChI=1S/C25H23N3O4/c1-30-22-15-24(32-3)23(31-2)14-17(22)8-13-25(29)27-18-9-11-19(12-10-18)28-16-26-20-6-4-5-7-21(20)28/h4-16H,1-3H3,(H,27,29)/b13-8+. The molecular formula is C25H23N3O4. The van der Waals surface area contributed by atoms with E-state index in [1.54, 1.807) is 45.9 Å². The molecule has 1 N–H and O–H groups in total. The van der Waals surface area contributed by atoms with Crippen molar-refractivity contribution in [3.63, 3.8) is 0 Å². The first kappa shape index (κ1) is 21.0. The van der Waals surface area contributed by atoms with E-state index in [4.69, 9.17) is 14.2 Å². The average molecular weight is 429 g/mol. The van der Waals surface area contributed by atoms with E-state index in [0.29, 0.717) is 28.5 Å². The molecule has 0 saturated carbocycles. The van der Waals surface area contributed by atoms with E-state index < -0.39 is 0 Å². The van der Waals surface area contributed by atoms with Crippen LogP contribution in [0, 0.1) is 0 Å². The molecule has 0 aliphatic rings. The van der Waals surface area contributed by atoms with Crippen LogP contribution < -0.4 is 19.5 Å². The number of para-hydroxylation sites is 2. The lowest BCUT2D eigenvalue weighted by Gasteiger charge is -2.12. The lowest BCUT2D eigenvalue weighted by atomic mass is 10.1. The predicted molar refractivity (Wildman–Crippen MR) is 125 cm³/mol. The second-order valence-electron chi connectivity index (χ2n) is 6.92. The third-order valence-corrected chi connectivity index (χ3v) is 5.02. The quantitative estimate of drug-likeness (QED) is 0.431. The van der Waals surface area contributed by atoms with E-state index in [2.05, 4.69) is 10.3 Å². The summed E-state index contributed by atoms with van der Waals surface area (Å²) in [6.45, 7) is 0. The number of aromatic nitrogens is 2. The van der Waals surface area contributed by atoms with Gasteiger partial charge in [-0.2, -0.15) is 0 Å². The van der Waals surface area contributed by atoms with Gasteiger partial charge in [0, 0.05) is 29.1 Å². The number of fused-ring (bicyclic) bond motifs is 1. The number of carbonyl (C=O) groups excluding carboxylic acids is 1. The highest BCUT2D eigenvalue weighted by Gasteiger charge is 2.10. The average Bonchev–Trinajstić information content (AvgIpc) is 3.26. The summed E-state index contributed by atoms with van der Waals surface area (Å²) in [5.41, 5.74) is 4.30. The number of anilines is 1. The van der Waals surface area contributed by atoms with Crippen LogP contribution in [0.4, 0.5) is 5.69 Å². The molecule has 7 nitrogen and oxygen atoms in total. The third kappa shape index (κ3) is 4.27. The maximum absolute atomic E-state index is 12.4. The molecule has 1 heterocycles. The molecule has 4 rings (SSSR count). The van der Waals surface area contributed by atoms with Crippen molar-refractivity contribution in [3.05, 3.63) is 78.6 Å². The van der Waals surface area contributed by atoms with Gasteiger partial charge in [0.15, 0.2) is 11.5 Å². The van der Waals surface area contributed by atoms with Gasteiger partial charge in [0.2, 0.25) is 5.91 Å². The number of nitrogens with zero attached hydrogens (tertiary/aromatic N) is 2. The summed E-state index contributed by atoms with van der Waals surface area (Å²) in [5, 5.41) is 2.86. The lowest BCUT2D eigenvalue weighted by molar-refractivity contribution is -0.111. The van der Waals surface area contributed by atoms with Gasteiger partial charge in [-0.25, -0.2) is 4.98 Å². The van der Waals surface area contributed by atoms with Gasteiger partial charge in [0.05, 0.1) is 32.4 Å². The number of benzene rings is 3. The van der Waals surface area contributed by atoms with Crippen molar-refractivity contribution in [2.45, 2.75) is 0 Å². The van der Waals surface area contributed by atoms with E-state index in [1.165, 1.54) is 6.08 Å². The molecule has 32 heavy (non-hydrogen) atoms. The fourth-order valence-corrected chi connectivity index (χ4v) is 3.40. The summed E-state index contributed by atoms with van der Waals surface area (Å²) < 4.78 is 18.0. The largest absolute Gasteiger partial charge is 0.496 e. The molecule has 0 radical (unpaired) electrons. The second kappa shape index (κ2) is 9.26. The van der Waals surface area contributed by atoms with Crippen LogP contribution in [-0.2, 0) is 4.79 Å². The minimum atomic E-state index is -0.261. The number of amides is 1. The minimum absolute atomic E-state index is 0.261. The summed E-state index contributed by atoms with van der Waals surface area (Å²) in [5.74, 6) is 1.42. The first-order chi connectivity index (χ1) is 15.6. The Morgan fingerprint density at radius 3 is 2.31 bits per heavy atom. The first-order valence-corrected chi connectivity index (χ1v) is 9.94. The summed E-state index contributed by atoms with van der Waals surface area (Å²) in [6.07, 6.45) is 4.90.